The summed E-state index contributed by atoms with van der Waals surface area (Å²) in [4.78, 5) is 16.1. The van der Waals surface area contributed by atoms with Crippen LogP contribution in [0.15, 0.2) is 18.5 Å². The molecule has 0 atom stereocenters. The maximum atomic E-state index is 12.1. The van der Waals surface area contributed by atoms with Gasteiger partial charge in [-0.15, -0.1) is 0 Å². The third-order valence-electron chi connectivity index (χ3n) is 2.64. The van der Waals surface area contributed by atoms with Crippen LogP contribution in [0, 0.1) is 11.8 Å². The second kappa shape index (κ2) is 6.91. The smallest absolute Gasteiger partial charge is 0.253 e. The largest absolute Gasteiger partial charge is 0.384 e. The highest BCUT2D eigenvalue weighted by molar-refractivity contribution is 5.94. The fraction of sp³-hybridized carbons (Fsp3) is 0.467. The van der Waals surface area contributed by atoms with E-state index in [0.29, 0.717) is 11.1 Å². The molecule has 1 aromatic rings. The number of nitrogens with one attached hydrogen (secondary N) is 1. The zero-order valence-electron chi connectivity index (χ0n) is 11.7. The minimum absolute atomic E-state index is 0.154. The van der Waals surface area contributed by atoms with Crippen LogP contribution in [0.3, 0.4) is 0 Å². The van der Waals surface area contributed by atoms with E-state index in [-0.39, 0.29) is 18.1 Å². The van der Waals surface area contributed by atoms with Gasteiger partial charge in [0.25, 0.3) is 5.91 Å². The Morgan fingerprint density at radius 3 is 2.84 bits per heavy atom. The minimum atomic E-state index is -0.237. The van der Waals surface area contributed by atoms with E-state index in [1.54, 1.807) is 12.3 Å². The molecule has 0 fully saturated rings. The predicted octanol–water partition coefficient (Wildman–Crippen LogP) is 1.73. The molecule has 0 bridgehead atoms. The summed E-state index contributed by atoms with van der Waals surface area (Å²) >= 11 is 0. The first-order chi connectivity index (χ1) is 8.98. The molecule has 102 valence electrons. The number of rotatable bonds is 4. The molecule has 0 aliphatic heterocycles. The molecule has 0 saturated carbocycles. The summed E-state index contributed by atoms with van der Waals surface area (Å²) in [6, 6.07) is 1.67. The van der Waals surface area contributed by atoms with Crippen LogP contribution >= 0.6 is 0 Å². The van der Waals surface area contributed by atoms with Crippen LogP contribution in [0.25, 0.3) is 0 Å². The van der Waals surface area contributed by atoms with Crippen molar-refractivity contribution in [3.63, 3.8) is 0 Å². The van der Waals surface area contributed by atoms with Gasteiger partial charge >= 0.3 is 0 Å². The Balaban J connectivity index is 2.83. The average molecular weight is 260 g/mol. The number of carbonyl (C=O) groups is 1. The molecule has 4 heteroatoms. The fourth-order valence-electron chi connectivity index (χ4n) is 1.84. The zero-order chi connectivity index (χ0) is 14.3. The average Bonchev–Trinajstić information content (AvgIpc) is 2.36. The Kier molecular flexibility index (Phi) is 5.53. The summed E-state index contributed by atoms with van der Waals surface area (Å²) in [6.07, 6.45) is 5.00. The molecule has 1 rings (SSSR count). The first-order valence-electron chi connectivity index (χ1n) is 6.36. The molecule has 0 saturated heterocycles. The van der Waals surface area contributed by atoms with Gasteiger partial charge in [0.15, 0.2) is 0 Å². The molecule has 0 unspecified atom stereocenters. The third-order valence-corrected chi connectivity index (χ3v) is 2.64. The summed E-state index contributed by atoms with van der Waals surface area (Å²) in [5, 5.41) is 11.6. The normalized spacial score (nSPS) is 10.5. The van der Waals surface area contributed by atoms with E-state index < -0.39 is 0 Å². The number of aliphatic hydroxyl groups excluding tert-OH is 1. The van der Waals surface area contributed by atoms with E-state index in [4.69, 9.17) is 5.11 Å². The van der Waals surface area contributed by atoms with Crippen LogP contribution in [-0.4, -0.2) is 28.1 Å². The van der Waals surface area contributed by atoms with Crippen molar-refractivity contribution in [2.45, 2.75) is 39.2 Å². The maximum absolute atomic E-state index is 12.1. The van der Waals surface area contributed by atoms with Crippen molar-refractivity contribution in [2.24, 2.45) is 0 Å². The summed E-state index contributed by atoms with van der Waals surface area (Å²) in [7, 11) is 0. The van der Waals surface area contributed by atoms with Gasteiger partial charge < -0.3 is 10.4 Å². The molecule has 0 aliphatic rings. The molecule has 2 N–H and O–H groups in total. The minimum Gasteiger partial charge on any atom is -0.384 e. The van der Waals surface area contributed by atoms with Crippen LogP contribution in [0.2, 0.25) is 0 Å². The molecule has 0 radical (unpaired) electrons. The topological polar surface area (TPSA) is 62.2 Å². The maximum Gasteiger partial charge on any atom is 0.253 e. The van der Waals surface area contributed by atoms with Gasteiger partial charge in [-0.1, -0.05) is 25.2 Å². The van der Waals surface area contributed by atoms with Gasteiger partial charge in [0.1, 0.15) is 6.61 Å². The summed E-state index contributed by atoms with van der Waals surface area (Å²) in [5.41, 5.74) is 0.863. The standard InChI is InChI=1S/C15H20N2O2/c1-4-7-15(2,3)17-14(19)13-9-12(6-5-8-18)10-16-11-13/h9-11,18H,4,7-8H2,1-3H3,(H,17,19). The lowest BCUT2D eigenvalue weighted by Crippen LogP contribution is -2.43. The molecule has 1 amide bonds. The molecule has 4 nitrogen and oxygen atoms in total. The number of aliphatic hydroxyl groups is 1. The number of hydrogen-bond acceptors (Lipinski definition) is 3. The Morgan fingerprint density at radius 1 is 1.47 bits per heavy atom. The second-order valence-electron chi connectivity index (χ2n) is 5.01. The van der Waals surface area contributed by atoms with Gasteiger partial charge in [0.2, 0.25) is 0 Å². The van der Waals surface area contributed by atoms with Crippen molar-refractivity contribution >= 4 is 5.91 Å². The van der Waals surface area contributed by atoms with Gasteiger partial charge in [-0.2, -0.15) is 0 Å². The van der Waals surface area contributed by atoms with Gasteiger partial charge in [-0.25, -0.2) is 0 Å². The van der Waals surface area contributed by atoms with E-state index >= 15 is 0 Å². The Bertz CT molecular complexity index is 498. The Morgan fingerprint density at radius 2 is 2.21 bits per heavy atom. The third kappa shape index (κ3) is 5.11. The molecule has 0 aromatic carbocycles. The van der Waals surface area contributed by atoms with E-state index in [1.807, 2.05) is 13.8 Å². The highest BCUT2D eigenvalue weighted by atomic mass is 16.2. The highest BCUT2D eigenvalue weighted by Crippen LogP contribution is 2.12. The van der Waals surface area contributed by atoms with Crippen LogP contribution in [0.4, 0.5) is 0 Å². The molecule has 0 spiro atoms. The number of hydrogen-bond donors (Lipinski definition) is 2. The van der Waals surface area contributed by atoms with Crippen molar-refractivity contribution in [1.82, 2.24) is 10.3 Å². The SMILES string of the molecule is CCCC(C)(C)NC(=O)c1cncc(C#CCO)c1. The van der Waals surface area contributed by atoms with Gasteiger partial charge in [-0.05, 0) is 26.3 Å². The monoisotopic (exact) mass is 260 g/mol. The van der Waals surface area contributed by atoms with Crippen LogP contribution < -0.4 is 5.32 Å². The van der Waals surface area contributed by atoms with Crippen LogP contribution in [0.1, 0.15) is 49.5 Å². The molecular weight excluding hydrogens is 240 g/mol. The molecule has 0 aliphatic carbocycles. The van der Waals surface area contributed by atoms with Gasteiger partial charge in [-0.3, -0.25) is 9.78 Å². The van der Waals surface area contributed by atoms with Crippen molar-refractivity contribution in [1.29, 1.82) is 0 Å². The van der Waals surface area contributed by atoms with Crippen LogP contribution in [0.5, 0.6) is 0 Å². The Labute approximate surface area is 114 Å². The highest BCUT2D eigenvalue weighted by Gasteiger charge is 2.20. The lowest BCUT2D eigenvalue weighted by atomic mass is 9.98. The predicted molar refractivity (Wildman–Crippen MR) is 74.7 cm³/mol. The van der Waals surface area contributed by atoms with Crippen molar-refractivity contribution in [2.75, 3.05) is 6.61 Å². The summed E-state index contributed by atoms with van der Waals surface area (Å²) < 4.78 is 0. The first-order valence-corrected chi connectivity index (χ1v) is 6.36. The van der Waals surface area contributed by atoms with Crippen molar-refractivity contribution in [3.05, 3.63) is 29.6 Å². The van der Waals surface area contributed by atoms with E-state index in [1.165, 1.54) is 6.20 Å². The quantitative estimate of drug-likeness (QED) is 0.810. The lowest BCUT2D eigenvalue weighted by molar-refractivity contribution is 0.0908. The summed E-state index contributed by atoms with van der Waals surface area (Å²) in [6.45, 7) is 5.87. The molecule has 1 aromatic heterocycles. The molecular formula is C15H20N2O2. The second-order valence-corrected chi connectivity index (χ2v) is 5.01. The lowest BCUT2D eigenvalue weighted by Gasteiger charge is -2.25. The Hall–Kier alpha value is -1.86. The summed E-state index contributed by atoms with van der Waals surface area (Å²) in [5.74, 6) is 5.11. The number of aromatic nitrogens is 1. The molecule has 1 heterocycles. The molecule has 19 heavy (non-hydrogen) atoms. The van der Waals surface area contributed by atoms with E-state index in [0.717, 1.165) is 12.8 Å². The van der Waals surface area contributed by atoms with Crippen molar-refractivity contribution in [3.8, 4) is 11.8 Å². The van der Waals surface area contributed by atoms with Crippen LogP contribution in [-0.2, 0) is 0 Å². The van der Waals surface area contributed by atoms with Gasteiger partial charge in [0, 0.05) is 23.5 Å². The number of pyridine rings is 1. The first kappa shape index (κ1) is 15.2. The van der Waals surface area contributed by atoms with Crippen molar-refractivity contribution < 1.29 is 9.90 Å². The van der Waals surface area contributed by atoms with E-state index in [9.17, 15) is 4.79 Å². The number of carbonyl (C=O) groups excluding carboxylic acids is 1. The number of nitrogens with zero attached hydrogens (tertiary/aromatic N) is 1. The van der Waals surface area contributed by atoms with Gasteiger partial charge in [0.05, 0.1) is 5.56 Å². The number of amides is 1. The van der Waals surface area contributed by atoms with E-state index in [2.05, 4.69) is 29.1 Å². The fourth-order valence-corrected chi connectivity index (χ4v) is 1.84. The zero-order valence-corrected chi connectivity index (χ0v) is 11.7.